The first-order chi connectivity index (χ1) is 23.7. The van der Waals surface area contributed by atoms with Crippen LogP contribution in [0.1, 0.15) is 51.7 Å². The van der Waals surface area contributed by atoms with Crippen LogP contribution in [-0.2, 0) is 25.7 Å². The molecule has 2 aliphatic carbocycles. The lowest BCUT2D eigenvalue weighted by Gasteiger charge is -2.36. The largest absolute Gasteiger partial charge is 0.480 e. The van der Waals surface area contributed by atoms with Crippen molar-refractivity contribution in [2.75, 3.05) is 33.2 Å². The van der Waals surface area contributed by atoms with Gasteiger partial charge in [0.05, 0.1) is 18.4 Å². The molecule has 3 aromatic rings. The van der Waals surface area contributed by atoms with Gasteiger partial charge in [-0.1, -0.05) is 72.8 Å². The van der Waals surface area contributed by atoms with Gasteiger partial charge in [-0.15, -0.1) is 0 Å². The lowest BCUT2D eigenvalue weighted by Crippen LogP contribution is -2.57. The molecule has 254 valence electrons. The second kappa shape index (κ2) is 13.5. The number of likely N-dealkylation sites (tertiary alicyclic amines) is 1. The summed E-state index contributed by atoms with van der Waals surface area (Å²) in [5.41, 5.74) is 3.53. The molecule has 7 atom stereocenters. The highest BCUT2D eigenvalue weighted by molar-refractivity contribution is 5.97. The van der Waals surface area contributed by atoms with E-state index in [4.69, 9.17) is 0 Å². The number of aliphatic carboxylic acids is 1. The number of carboxylic acid groups (broad SMARTS) is 1. The lowest BCUT2D eigenvalue weighted by atomic mass is 9.94. The molecule has 2 aliphatic heterocycles. The van der Waals surface area contributed by atoms with Crippen LogP contribution in [0.25, 0.3) is 0 Å². The van der Waals surface area contributed by atoms with Crippen molar-refractivity contribution in [1.82, 2.24) is 25.3 Å². The van der Waals surface area contributed by atoms with Crippen molar-refractivity contribution in [1.29, 1.82) is 0 Å². The maximum atomic E-state index is 13.8. The average molecular weight is 664 g/mol. The third-order valence-electron chi connectivity index (χ3n) is 10.5. The summed E-state index contributed by atoms with van der Waals surface area (Å²) in [5, 5.41) is 15.9. The highest BCUT2D eigenvalue weighted by atomic mass is 16.4. The zero-order valence-corrected chi connectivity index (χ0v) is 27.4. The van der Waals surface area contributed by atoms with Gasteiger partial charge >= 0.3 is 5.97 Å². The Bertz CT molecular complexity index is 1660. The molecule has 3 N–H and O–H groups in total. The van der Waals surface area contributed by atoms with Crippen LogP contribution in [0, 0.1) is 11.8 Å². The van der Waals surface area contributed by atoms with E-state index in [1.807, 2.05) is 36.4 Å². The Morgan fingerprint density at radius 3 is 1.73 bits per heavy atom. The molecular weight excluding hydrogens is 622 g/mol. The van der Waals surface area contributed by atoms with Crippen LogP contribution in [0.5, 0.6) is 0 Å². The third kappa shape index (κ3) is 7.07. The van der Waals surface area contributed by atoms with Crippen LogP contribution < -0.4 is 10.6 Å². The normalized spacial score (nSPS) is 27.8. The minimum Gasteiger partial charge on any atom is -0.480 e. The molecular formula is C38H41N5O6. The second-order valence-electron chi connectivity index (χ2n) is 13.9. The van der Waals surface area contributed by atoms with Crippen molar-refractivity contribution in [3.63, 3.8) is 0 Å². The molecule has 0 spiro atoms. The van der Waals surface area contributed by atoms with E-state index in [0.29, 0.717) is 5.56 Å². The van der Waals surface area contributed by atoms with Crippen molar-refractivity contribution < 1.29 is 29.1 Å². The zero-order valence-electron chi connectivity index (χ0n) is 27.4. The minimum atomic E-state index is -0.980. The quantitative estimate of drug-likeness (QED) is 0.303. The first-order valence-electron chi connectivity index (χ1n) is 17.0. The van der Waals surface area contributed by atoms with E-state index in [2.05, 4.69) is 34.9 Å². The fourth-order valence-electron chi connectivity index (χ4n) is 7.38. The molecule has 49 heavy (non-hydrogen) atoms. The lowest BCUT2D eigenvalue weighted by molar-refractivity contribution is -0.151. The number of carbonyl (C=O) groups is 5. The summed E-state index contributed by atoms with van der Waals surface area (Å²) in [7, 11) is 1.62. The monoisotopic (exact) mass is 663 g/mol. The highest BCUT2D eigenvalue weighted by Crippen LogP contribution is 2.42. The van der Waals surface area contributed by atoms with Crippen molar-refractivity contribution in [3.05, 3.63) is 107 Å². The molecule has 11 heteroatoms. The highest BCUT2D eigenvalue weighted by Gasteiger charge is 2.49. The van der Waals surface area contributed by atoms with E-state index >= 15 is 0 Å². The van der Waals surface area contributed by atoms with E-state index in [1.54, 1.807) is 36.2 Å². The van der Waals surface area contributed by atoms with Gasteiger partial charge in [0.25, 0.3) is 5.91 Å². The first-order valence-corrected chi connectivity index (χ1v) is 17.0. The van der Waals surface area contributed by atoms with Crippen molar-refractivity contribution in [3.8, 4) is 0 Å². The summed E-state index contributed by atoms with van der Waals surface area (Å²) in [5.74, 6) is -2.71. The maximum absolute atomic E-state index is 13.8. The Balaban J connectivity index is 1.02. The minimum absolute atomic E-state index is 0.000219. The van der Waals surface area contributed by atoms with Gasteiger partial charge in [0.1, 0.15) is 6.04 Å². The SMILES string of the molecule is CN1CC(=O)N(Cc2ccc(C(=O)N3C[C@@H](C(=O)N[C@H]4C[C@@H]4c4ccccc4)[C@H](C(=O)N[C@H]4C[C@@H]4c4ccccc4)C3)cc2)C[C@H]1C(=O)O. The number of nitrogens with one attached hydrogen (secondary N) is 2. The van der Waals surface area contributed by atoms with Gasteiger partial charge in [0, 0.05) is 55.7 Å². The summed E-state index contributed by atoms with van der Waals surface area (Å²) in [6.07, 6.45) is 1.68. The van der Waals surface area contributed by atoms with Crippen LogP contribution in [0.4, 0.5) is 0 Å². The average Bonchev–Trinajstić information content (AvgIpc) is 4.01. The molecule has 4 aliphatic rings. The number of likely N-dealkylation sites (N-methyl/N-ethyl adjacent to an activating group) is 1. The number of piperazine rings is 1. The Morgan fingerprint density at radius 1 is 0.735 bits per heavy atom. The van der Waals surface area contributed by atoms with E-state index < -0.39 is 23.8 Å². The number of nitrogens with zero attached hydrogens (tertiary/aromatic N) is 3. The van der Waals surface area contributed by atoms with E-state index in [9.17, 15) is 29.1 Å². The Kier molecular flexibility index (Phi) is 8.94. The second-order valence-corrected chi connectivity index (χ2v) is 13.9. The molecule has 2 saturated heterocycles. The van der Waals surface area contributed by atoms with Gasteiger partial charge in [-0.05, 0) is 48.7 Å². The number of carboxylic acids is 1. The number of hydrogen-bond donors (Lipinski definition) is 3. The van der Waals surface area contributed by atoms with Crippen LogP contribution in [0.15, 0.2) is 84.9 Å². The first kappa shape index (κ1) is 32.5. The molecule has 2 saturated carbocycles. The predicted octanol–water partition coefficient (Wildman–Crippen LogP) is 2.45. The Labute approximate surface area is 285 Å². The van der Waals surface area contributed by atoms with Crippen molar-refractivity contribution in [2.24, 2.45) is 11.8 Å². The molecule has 0 radical (unpaired) electrons. The number of carbonyl (C=O) groups excluding carboxylic acids is 4. The molecule has 2 heterocycles. The van der Waals surface area contributed by atoms with Crippen molar-refractivity contribution in [2.45, 2.75) is 49.3 Å². The topological polar surface area (TPSA) is 139 Å². The molecule has 7 rings (SSSR count). The number of amides is 4. The van der Waals surface area contributed by atoms with Gasteiger partial charge in [-0.25, -0.2) is 0 Å². The van der Waals surface area contributed by atoms with Crippen LogP contribution in [0.2, 0.25) is 0 Å². The summed E-state index contributed by atoms with van der Waals surface area (Å²) in [6, 6.07) is 26.2. The van der Waals surface area contributed by atoms with Crippen molar-refractivity contribution >= 4 is 29.6 Å². The smallest absolute Gasteiger partial charge is 0.322 e. The molecule has 4 fully saturated rings. The van der Waals surface area contributed by atoms with Gasteiger partial charge in [-0.2, -0.15) is 0 Å². The van der Waals surface area contributed by atoms with E-state index in [0.717, 1.165) is 18.4 Å². The van der Waals surface area contributed by atoms with Gasteiger partial charge in [0.15, 0.2) is 0 Å². The molecule has 0 aromatic heterocycles. The maximum Gasteiger partial charge on any atom is 0.322 e. The molecule has 11 nitrogen and oxygen atoms in total. The standard InChI is InChI=1S/C38H41N5O6/c1-41-22-34(44)42(21-33(41)38(48)49)18-23-12-14-26(15-13-23)37(47)43-19-29(35(45)39-31-16-27(31)24-8-4-2-5-9-24)30(20-43)36(46)40-32-17-28(32)25-10-6-3-7-11-25/h2-15,27-33H,16-22H2,1H3,(H,39,45)(H,40,46)(H,48,49)/t27-,28-,29-,30-,31+,32+,33+/m1/s1. The van der Waals surface area contributed by atoms with Crippen LogP contribution >= 0.6 is 0 Å². The molecule has 4 amide bonds. The summed E-state index contributed by atoms with van der Waals surface area (Å²) in [6.45, 7) is 0.591. The summed E-state index contributed by atoms with van der Waals surface area (Å²) in [4.78, 5) is 70.1. The molecule has 0 bridgehead atoms. The van der Waals surface area contributed by atoms with Gasteiger partial charge < -0.3 is 25.5 Å². The number of rotatable bonds is 10. The zero-order chi connectivity index (χ0) is 34.2. The predicted molar refractivity (Wildman–Crippen MR) is 180 cm³/mol. The third-order valence-corrected chi connectivity index (χ3v) is 10.5. The van der Waals surface area contributed by atoms with E-state index in [1.165, 1.54) is 20.9 Å². The Hall–Kier alpha value is -5.03. The van der Waals surface area contributed by atoms with Crippen LogP contribution in [-0.4, -0.2) is 101 Å². The number of benzene rings is 3. The summed E-state index contributed by atoms with van der Waals surface area (Å²) >= 11 is 0. The fraction of sp³-hybridized carbons (Fsp3) is 0.395. The Morgan fingerprint density at radius 2 is 1.24 bits per heavy atom. The van der Waals surface area contributed by atoms with Crippen LogP contribution in [0.3, 0.4) is 0 Å². The molecule has 3 aromatic carbocycles. The van der Waals surface area contributed by atoms with Gasteiger partial charge in [0.2, 0.25) is 17.7 Å². The molecule has 0 unspecified atom stereocenters. The van der Waals surface area contributed by atoms with Gasteiger partial charge in [-0.3, -0.25) is 28.9 Å². The number of hydrogen-bond acceptors (Lipinski definition) is 6. The fourth-order valence-corrected chi connectivity index (χ4v) is 7.38. The summed E-state index contributed by atoms with van der Waals surface area (Å²) < 4.78 is 0. The van der Waals surface area contributed by atoms with E-state index in [-0.39, 0.29) is 80.3 Å².